The average molecular weight is 358 g/mol. The van der Waals surface area contributed by atoms with Crippen LogP contribution >= 0.6 is 0 Å². The minimum atomic E-state index is -4.73. The van der Waals surface area contributed by atoms with E-state index in [0.29, 0.717) is 31.7 Å². The maximum atomic E-state index is 12.1. The van der Waals surface area contributed by atoms with Crippen LogP contribution in [0.2, 0.25) is 0 Å². The number of hydrogen-bond acceptors (Lipinski definition) is 4. The van der Waals surface area contributed by atoms with Crippen LogP contribution < -0.4 is 4.74 Å². The predicted octanol–water partition coefficient (Wildman–Crippen LogP) is 2.24. The molecule has 2 atom stereocenters. The molecule has 2 amide bonds. The second-order valence-corrected chi connectivity index (χ2v) is 6.23. The standard InChI is InChI=1S/C16H17F3N2O4/c17-16(18,19)25-14-3-1-11(2-4-14)9-24-15(23)21-7-12-5-20(10-22)6-13(12)8-21/h1-4,10,12-13H,5-9H2. The number of fused-ring (bicyclic) bond motifs is 1. The quantitative estimate of drug-likeness (QED) is 0.775. The van der Waals surface area contributed by atoms with Crippen LogP contribution in [0.3, 0.4) is 0 Å². The number of alkyl halides is 3. The number of amides is 2. The topological polar surface area (TPSA) is 59.1 Å². The van der Waals surface area contributed by atoms with E-state index < -0.39 is 12.5 Å². The van der Waals surface area contributed by atoms with Gasteiger partial charge in [-0.1, -0.05) is 12.1 Å². The van der Waals surface area contributed by atoms with Gasteiger partial charge in [-0.2, -0.15) is 0 Å². The number of carbonyl (C=O) groups excluding carboxylic acids is 2. The fourth-order valence-corrected chi connectivity index (χ4v) is 3.29. The zero-order chi connectivity index (χ0) is 18.0. The first-order valence-corrected chi connectivity index (χ1v) is 7.80. The third-order valence-electron chi connectivity index (χ3n) is 4.44. The van der Waals surface area contributed by atoms with Gasteiger partial charge in [-0.15, -0.1) is 13.2 Å². The molecule has 25 heavy (non-hydrogen) atoms. The summed E-state index contributed by atoms with van der Waals surface area (Å²) in [5, 5.41) is 0. The van der Waals surface area contributed by atoms with Crippen molar-refractivity contribution in [3.05, 3.63) is 29.8 Å². The largest absolute Gasteiger partial charge is 0.573 e. The molecule has 0 aliphatic carbocycles. The Balaban J connectivity index is 1.46. The number of ether oxygens (including phenoxy) is 2. The van der Waals surface area contributed by atoms with Crippen LogP contribution in [0.15, 0.2) is 24.3 Å². The van der Waals surface area contributed by atoms with Crippen LogP contribution in [0.25, 0.3) is 0 Å². The highest BCUT2D eigenvalue weighted by Gasteiger charge is 2.41. The van der Waals surface area contributed by atoms with E-state index in [2.05, 4.69) is 4.74 Å². The lowest BCUT2D eigenvalue weighted by molar-refractivity contribution is -0.274. The van der Waals surface area contributed by atoms with Gasteiger partial charge >= 0.3 is 12.5 Å². The number of benzene rings is 1. The molecule has 6 nitrogen and oxygen atoms in total. The van der Waals surface area contributed by atoms with Crippen LogP contribution in [0.5, 0.6) is 5.75 Å². The van der Waals surface area contributed by atoms with Crippen molar-refractivity contribution in [3.63, 3.8) is 0 Å². The normalized spacial score (nSPS) is 22.7. The molecule has 2 aliphatic rings. The van der Waals surface area contributed by atoms with Crippen LogP contribution in [-0.4, -0.2) is 54.8 Å². The van der Waals surface area contributed by atoms with Gasteiger partial charge in [-0.3, -0.25) is 4.79 Å². The summed E-state index contributed by atoms with van der Waals surface area (Å²) in [4.78, 5) is 26.2. The van der Waals surface area contributed by atoms with Crippen molar-refractivity contribution < 1.29 is 32.2 Å². The van der Waals surface area contributed by atoms with E-state index in [-0.39, 0.29) is 24.2 Å². The van der Waals surface area contributed by atoms with Gasteiger partial charge < -0.3 is 19.3 Å². The monoisotopic (exact) mass is 358 g/mol. The van der Waals surface area contributed by atoms with Gasteiger partial charge in [0.25, 0.3) is 0 Å². The van der Waals surface area contributed by atoms with Gasteiger partial charge in [-0.05, 0) is 17.7 Å². The molecule has 0 N–H and O–H groups in total. The minimum absolute atomic E-state index is 0.0303. The second-order valence-electron chi connectivity index (χ2n) is 6.23. The molecular weight excluding hydrogens is 341 g/mol. The third-order valence-corrected chi connectivity index (χ3v) is 4.44. The van der Waals surface area contributed by atoms with E-state index >= 15 is 0 Å². The Labute approximate surface area is 142 Å². The van der Waals surface area contributed by atoms with Crippen molar-refractivity contribution in [3.8, 4) is 5.75 Å². The number of carbonyl (C=O) groups is 2. The van der Waals surface area contributed by atoms with Gasteiger partial charge in [0, 0.05) is 38.0 Å². The molecule has 136 valence electrons. The summed E-state index contributed by atoms with van der Waals surface area (Å²) < 4.78 is 45.3. The van der Waals surface area contributed by atoms with Crippen LogP contribution in [0, 0.1) is 11.8 Å². The molecule has 0 aromatic heterocycles. The van der Waals surface area contributed by atoms with E-state index in [1.807, 2.05) is 0 Å². The SMILES string of the molecule is O=CN1CC2CN(C(=O)OCc3ccc(OC(F)(F)F)cc3)CC2C1. The van der Waals surface area contributed by atoms with Crippen molar-refractivity contribution in [2.75, 3.05) is 26.2 Å². The molecule has 1 aromatic carbocycles. The molecule has 1 aromatic rings. The van der Waals surface area contributed by atoms with E-state index in [1.165, 1.54) is 24.3 Å². The maximum Gasteiger partial charge on any atom is 0.573 e. The summed E-state index contributed by atoms with van der Waals surface area (Å²) in [7, 11) is 0. The number of halogens is 3. The molecule has 2 fully saturated rings. The molecule has 0 spiro atoms. The summed E-state index contributed by atoms with van der Waals surface area (Å²) in [6.45, 7) is 2.37. The molecule has 2 heterocycles. The van der Waals surface area contributed by atoms with E-state index in [4.69, 9.17) is 4.74 Å². The molecule has 2 unspecified atom stereocenters. The Morgan fingerprint density at radius 1 is 1.12 bits per heavy atom. The van der Waals surface area contributed by atoms with Crippen molar-refractivity contribution in [2.45, 2.75) is 13.0 Å². The first kappa shape index (κ1) is 17.4. The fourth-order valence-electron chi connectivity index (χ4n) is 3.29. The van der Waals surface area contributed by atoms with Crippen molar-refractivity contribution in [2.24, 2.45) is 11.8 Å². The predicted molar refractivity (Wildman–Crippen MR) is 79.5 cm³/mol. The van der Waals surface area contributed by atoms with Gasteiger partial charge in [0.1, 0.15) is 12.4 Å². The zero-order valence-corrected chi connectivity index (χ0v) is 13.2. The number of nitrogens with zero attached hydrogens (tertiary/aromatic N) is 2. The number of likely N-dealkylation sites (tertiary alicyclic amines) is 2. The molecule has 3 rings (SSSR count). The average Bonchev–Trinajstić information content (AvgIpc) is 3.10. The van der Waals surface area contributed by atoms with Crippen LogP contribution in [0.4, 0.5) is 18.0 Å². The van der Waals surface area contributed by atoms with Crippen molar-refractivity contribution >= 4 is 12.5 Å². The Kier molecular flexibility index (Phi) is 4.73. The molecule has 0 saturated carbocycles. The molecule has 2 saturated heterocycles. The summed E-state index contributed by atoms with van der Waals surface area (Å²) in [6, 6.07) is 5.17. The lowest BCUT2D eigenvalue weighted by atomic mass is 10.0. The zero-order valence-electron chi connectivity index (χ0n) is 13.2. The summed E-state index contributed by atoms with van der Waals surface area (Å²) in [5.74, 6) is 0.225. The Morgan fingerprint density at radius 3 is 2.24 bits per heavy atom. The van der Waals surface area contributed by atoms with Gasteiger partial charge in [0.05, 0.1) is 0 Å². The Hall–Kier alpha value is -2.45. The number of rotatable bonds is 4. The summed E-state index contributed by atoms with van der Waals surface area (Å²) >= 11 is 0. The molecule has 0 bridgehead atoms. The molecule has 9 heteroatoms. The highest BCUT2D eigenvalue weighted by molar-refractivity contribution is 5.68. The Bertz CT molecular complexity index is 621. The lowest BCUT2D eigenvalue weighted by Gasteiger charge is -2.19. The van der Waals surface area contributed by atoms with E-state index in [9.17, 15) is 22.8 Å². The lowest BCUT2D eigenvalue weighted by Crippen LogP contribution is -2.33. The smallest absolute Gasteiger partial charge is 0.445 e. The molecular formula is C16H17F3N2O4. The Morgan fingerprint density at radius 2 is 1.72 bits per heavy atom. The van der Waals surface area contributed by atoms with E-state index in [1.54, 1.807) is 9.80 Å². The summed E-state index contributed by atoms with van der Waals surface area (Å²) in [6.07, 6.45) is -4.36. The van der Waals surface area contributed by atoms with Gasteiger partial charge in [-0.25, -0.2) is 4.79 Å². The molecule has 2 aliphatic heterocycles. The highest BCUT2D eigenvalue weighted by Crippen LogP contribution is 2.30. The first-order chi connectivity index (χ1) is 11.8. The van der Waals surface area contributed by atoms with Gasteiger partial charge in [0.2, 0.25) is 6.41 Å². The van der Waals surface area contributed by atoms with Gasteiger partial charge in [0.15, 0.2) is 0 Å². The minimum Gasteiger partial charge on any atom is -0.445 e. The number of hydrogen-bond donors (Lipinski definition) is 0. The first-order valence-electron chi connectivity index (χ1n) is 7.80. The van der Waals surface area contributed by atoms with Crippen LogP contribution in [0.1, 0.15) is 5.56 Å². The van der Waals surface area contributed by atoms with E-state index in [0.717, 1.165) is 6.41 Å². The second kappa shape index (κ2) is 6.81. The fraction of sp³-hybridized carbons (Fsp3) is 0.500. The highest BCUT2D eigenvalue weighted by atomic mass is 19.4. The van der Waals surface area contributed by atoms with Crippen molar-refractivity contribution in [1.82, 2.24) is 9.80 Å². The van der Waals surface area contributed by atoms with Crippen LogP contribution in [-0.2, 0) is 16.1 Å². The molecule has 0 radical (unpaired) electrons. The van der Waals surface area contributed by atoms with Crippen molar-refractivity contribution in [1.29, 1.82) is 0 Å². The maximum absolute atomic E-state index is 12.1. The summed E-state index contributed by atoms with van der Waals surface area (Å²) in [5.41, 5.74) is 0.564. The third kappa shape index (κ3) is 4.34.